The van der Waals surface area contributed by atoms with Gasteiger partial charge in [-0.3, -0.25) is 9.48 Å². The summed E-state index contributed by atoms with van der Waals surface area (Å²) in [6.07, 6.45) is 0.916. The van der Waals surface area contributed by atoms with Gasteiger partial charge in [-0.25, -0.2) is 0 Å². The molecule has 1 N–H and O–H groups in total. The molecule has 0 fully saturated rings. The summed E-state index contributed by atoms with van der Waals surface area (Å²) >= 11 is 0. The summed E-state index contributed by atoms with van der Waals surface area (Å²) in [5.74, 6) is -0.730. The smallest absolute Gasteiger partial charge is 0.303 e. The maximum Gasteiger partial charge on any atom is 0.303 e. The lowest BCUT2D eigenvalue weighted by Crippen LogP contribution is -2.20. The summed E-state index contributed by atoms with van der Waals surface area (Å²) < 4.78 is 1.88. The standard InChI is InChI=1S/C12H21N3O2/c1-9-11(10(2)15(4)13-9)8-14(3)7-5-6-12(16)17/h5-8H2,1-4H3,(H,16,17). The molecule has 0 radical (unpaired) electrons. The Kier molecular flexibility index (Phi) is 4.69. The molecule has 0 atom stereocenters. The Morgan fingerprint density at radius 2 is 2.12 bits per heavy atom. The highest BCUT2D eigenvalue weighted by molar-refractivity contribution is 5.66. The lowest BCUT2D eigenvalue weighted by Gasteiger charge is -2.16. The number of hydrogen-bond acceptors (Lipinski definition) is 3. The van der Waals surface area contributed by atoms with E-state index in [1.54, 1.807) is 0 Å². The van der Waals surface area contributed by atoms with Gasteiger partial charge >= 0.3 is 5.97 Å². The van der Waals surface area contributed by atoms with Crippen molar-refractivity contribution in [1.82, 2.24) is 14.7 Å². The summed E-state index contributed by atoms with van der Waals surface area (Å²) in [5.41, 5.74) is 3.47. The summed E-state index contributed by atoms with van der Waals surface area (Å²) in [7, 11) is 3.95. The van der Waals surface area contributed by atoms with Crippen LogP contribution in [0.4, 0.5) is 0 Å². The van der Waals surface area contributed by atoms with Crippen LogP contribution in [0.15, 0.2) is 0 Å². The number of carboxylic acid groups (broad SMARTS) is 1. The van der Waals surface area contributed by atoms with Crippen molar-refractivity contribution in [2.45, 2.75) is 33.2 Å². The van der Waals surface area contributed by atoms with E-state index in [4.69, 9.17) is 5.11 Å². The predicted octanol–water partition coefficient (Wildman–Crippen LogP) is 1.33. The second-order valence-electron chi connectivity index (χ2n) is 4.51. The summed E-state index contributed by atoms with van der Waals surface area (Å²) in [4.78, 5) is 12.6. The first kappa shape index (κ1) is 13.7. The van der Waals surface area contributed by atoms with Crippen LogP contribution >= 0.6 is 0 Å². The molecule has 0 aliphatic rings. The van der Waals surface area contributed by atoms with Crippen molar-refractivity contribution in [2.24, 2.45) is 7.05 Å². The van der Waals surface area contributed by atoms with Crippen LogP contribution in [0.1, 0.15) is 29.8 Å². The number of rotatable bonds is 6. The van der Waals surface area contributed by atoms with E-state index < -0.39 is 5.97 Å². The Morgan fingerprint density at radius 3 is 2.59 bits per heavy atom. The molecule has 0 aliphatic carbocycles. The molecule has 0 spiro atoms. The summed E-state index contributed by atoms with van der Waals surface area (Å²) in [6, 6.07) is 0. The minimum absolute atomic E-state index is 0.231. The van der Waals surface area contributed by atoms with E-state index in [1.807, 2.05) is 25.7 Å². The molecule has 0 saturated heterocycles. The monoisotopic (exact) mass is 239 g/mol. The highest BCUT2D eigenvalue weighted by atomic mass is 16.4. The van der Waals surface area contributed by atoms with Gasteiger partial charge in [0.1, 0.15) is 0 Å². The molecule has 1 rings (SSSR count). The van der Waals surface area contributed by atoms with Gasteiger partial charge in [0.25, 0.3) is 0 Å². The first-order valence-electron chi connectivity index (χ1n) is 5.81. The normalized spacial score (nSPS) is 11.1. The molecule has 0 aliphatic heterocycles. The molecule has 0 bridgehead atoms. The number of carbonyl (C=O) groups is 1. The van der Waals surface area contributed by atoms with Gasteiger partial charge in [-0.15, -0.1) is 0 Å². The van der Waals surface area contributed by atoms with E-state index in [1.165, 1.54) is 11.3 Å². The zero-order valence-corrected chi connectivity index (χ0v) is 11.0. The lowest BCUT2D eigenvalue weighted by molar-refractivity contribution is -0.137. The van der Waals surface area contributed by atoms with Crippen LogP contribution in [0.3, 0.4) is 0 Å². The van der Waals surface area contributed by atoms with Crippen LogP contribution in [0, 0.1) is 13.8 Å². The van der Waals surface area contributed by atoms with Crippen LogP contribution < -0.4 is 0 Å². The van der Waals surface area contributed by atoms with Gasteiger partial charge in [0.2, 0.25) is 0 Å². The number of hydrogen-bond donors (Lipinski definition) is 1. The van der Waals surface area contributed by atoms with Gasteiger partial charge in [-0.1, -0.05) is 0 Å². The minimum atomic E-state index is -0.730. The average Bonchev–Trinajstić information content (AvgIpc) is 2.44. The third-order valence-electron chi connectivity index (χ3n) is 3.02. The van der Waals surface area contributed by atoms with E-state index in [9.17, 15) is 4.79 Å². The van der Waals surface area contributed by atoms with Crippen molar-refractivity contribution >= 4 is 5.97 Å². The fourth-order valence-electron chi connectivity index (χ4n) is 1.90. The van der Waals surface area contributed by atoms with E-state index >= 15 is 0 Å². The first-order chi connectivity index (χ1) is 7.91. The quantitative estimate of drug-likeness (QED) is 0.813. The second kappa shape index (κ2) is 5.82. The third-order valence-corrected chi connectivity index (χ3v) is 3.02. The molecule has 0 unspecified atom stereocenters. The Morgan fingerprint density at radius 1 is 1.47 bits per heavy atom. The maximum atomic E-state index is 10.4. The number of nitrogens with zero attached hydrogens (tertiary/aromatic N) is 3. The zero-order valence-electron chi connectivity index (χ0n) is 11.0. The molecular weight excluding hydrogens is 218 g/mol. The van der Waals surface area contributed by atoms with Crippen LogP contribution in [0.5, 0.6) is 0 Å². The van der Waals surface area contributed by atoms with E-state index in [-0.39, 0.29) is 6.42 Å². The molecule has 5 nitrogen and oxygen atoms in total. The van der Waals surface area contributed by atoms with E-state index in [2.05, 4.69) is 16.9 Å². The van der Waals surface area contributed by atoms with Gasteiger partial charge in [0, 0.05) is 31.3 Å². The lowest BCUT2D eigenvalue weighted by atomic mass is 10.2. The Bertz CT molecular complexity index is 399. The molecule has 0 amide bonds. The van der Waals surface area contributed by atoms with Crippen LogP contribution in [-0.2, 0) is 18.4 Å². The van der Waals surface area contributed by atoms with Gasteiger partial charge in [0.05, 0.1) is 5.69 Å². The Labute approximate surface area is 102 Å². The summed E-state index contributed by atoms with van der Waals surface area (Å²) in [6.45, 7) is 5.68. The van der Waals surface area contributed by atoms with Crippen molar-refractivity contribution < 1.29 is 9.90 Å². The number of aromatic nitrogens is 2. The van der Waals surface area contributed by atoms with Crippen molar-refractivity contribution in [2.75, 3.05) is 13.6 Å². The molecule has 1 heterocycles. The highest BCUT2D eigenvalue weighted by Crippen LogP contribution is 2.14. The fourth-order valence-corrected chi connectivity index (χ4v) is 1.90. The Hall–Kier alpha value is -1.36. The van der Waals surface area contributed by atoms with Crippen molar-refractivity contribution in [1.29, 1.82) is 0 Å². The van der Waals surface area contributed by atoms with Gasteiger partial charge in [-0.05, 0) is 33.9 Å². The van der Waals surface area contributed by atoms with Gasteiger partial charge in [0.15, 0.2) is 0 Å². The SMILES string of the molecule is Cc1nn(C)c(C)c1CN(C)CCCC(=O)O. The van der Waals surface area contributed by atoms with Gasteiger partial charge < -0.3 is 10.0 Å². The number of aryl methyl sites for hydroxylation is 2. The maximum absolute atomic E-state index is 10.4. The molecule has 0 aromatic carbocycles. The molecule has 0 saturated carbocycles. The van der Waals surface area contributed by atoms with Crippen molar-refractivity contribution in [3.63, 3.8) is 0 Å². The van der Waals surface area contributed by atoms with Crippen LogP contribution in [0.2, 0.25) is 0 Å². The zero-order chi connectivity index (χ0) is 13.0. The van der Waals surface area contributed by atoms with E-state index in [0.29, 0.717) is 6.42 Å². The van der Waals surface area contributed by atoms with Crippen molar-refractivity contribution in [3.05, 3.63) is 17.0 Å². The molecule has 1 aromatic heterocycles. The second-order valence-corrected chi connectivity index (χ2v) is 4.51. The Balaban J connectivity index is 2.50. The van der Waals surface area contributed by atoms with Crippen LogP contribution in [0.25, 0.3) is 0 Å². The molecular formula is C12H21N3O2. The van der Waals surface area contributed by atoms with Crippen molar-refractivity contribution in [3.8, 4) is 0 Å². The molecule has 1 aromatic rings. The topological polar surface area (TPSA) is 58.4 Å². The molecule has 96 valence electrons. The first-order valence-corrected chi connectivity index (χ1v) is 5.81. The fraction of sp³-hybridized carbons (Fsp3) is 0.667. The predicted molar refractivity (Wildman–Crippen MR) is 65.9 cm³/mol. The average molecular weight is 239 g/mol. The number of carboxylic acids is 1. The van der Waals surface area contributed by atoms with Gasteiger partial charge in [-0.2, -0.15) is 5.10 Å². The number of aliphatic carboxylic acids is 1. The van der Waals surface area contributed by atoms with Crippen LogP contribution in [-0.4, -0.2) is 39.3 Å². The summed E-state index contributed by atoms with van der Waals surface area (Å²) in [5, 5.41) is 12.9. The molecule has 17 heavy (non-hydrogen) atoms. The third kappa shape index (κ3) is 3.85. The minimum Gasteiger partial charge on any atom is -0.481 e. The highest BCUT2D eigenvalue weighted by Gasteiger charge is 2.11. The van der Waals surface area contributed by atoms with E-state index in [0.717, 1.165) is 18.8 Å². The molecule has 5 heteroatoms. The largest absolute Gasteiger partial charge is 0.481 e.